The number of nitro groups is 1. The van der Waals surface area contributed by atoms with Gasteiger partial charge in [-0.1, -0.05) is 30.9 Å². The van der Waals surface area contributed by atoms with Gasteiger partial charge in [-0.15, -0.1) is 0 Å². The molecule has 0 bridgehead atoms. The molecule has 1 aromatic rings. The Morgan fingerprint density at radius 2 is 1.96 bits per heavy atom. The fourth-order valence-corrected chi connectivity index (χ4v) is 3.93. The number of hydrogen-bond donors (Lipinski definition) is 1. The van der Waals surface area contributed by atoms with Gasteiger partial charge >= 0.3 is 6.03 Å². The van der Waals surface area contributed by atoms with E-state index in [0.29, 0.717) is 12.8 Å². The molecule has 1 saturated carbocycles. The summed E-state index contributed by atoms with van der Waals surface area (Å²) in [7, 11) is 1.59. The van der Waals surface area contributed by atoms with Crippen LogP contribution in [0.1, 0.15) is 32.1 Å². The van der Waals surface area contributed by atoms with Crippen LogP contribution in [0.3, 0.4) is 0 Å². The van der Waals surface area contributed by atoms with Crippen LogP contribution < -0.4 is 5.32 Å². The van der Waals surface area contributed by atoms with E-state index >= 15 is 0 Å². The Labute approximate surface area is 160 Å². The van der Waals surface area contributed by atoms with E-state index < -0.39 is 28.9 Å². The molecule has 27 heavy (non-hydrogen) atoms. The lowest BCUT2D eigenvalue weighted by Gasteiger charge is -2.35. The maximum absolute atomic E-state index is 12.9. The van der Waals surface area contributed by atoms with Gasteiger partial charge in [0.25, 0.3) is 11.6 Å². The minimum absolute atomic E-state index is 0.0521. The summed E-state index contributed by atoms with van der Waals surface area (Å²) in [4.78, 5) is 50.4. The van der Waals surface area contributed by atoms with Gasteiger partial charge in [0, 0.05) is 18.8 Å². The molecule has 1 aliphatic heterocycles. The molecule has 1 saturated heterocycles. The second-order valence-electron chi connectivity index (χ2n) is 6.80. The number of halogens is 1. The molecule has 1 aromatic carbocycles. The molecule has 0 aromatic heterocycles. The molecule has 1 spiro atoms. The van der Waals surface area contributed by atoms with Gasteiger partial charge in [0.2, 0.25) is 5.91 Å². The van der Waals surface area contributed by atoms with Crippen molar-refractivity contribution in [2.75, 3.05) is 18.9 Å². The number of likely N-dealkylation sites (N-methyl/N-ethyl adjacent to an activating group) is 1. The van der Waals surface area contributed by atoms with Crippen LogP contribution >= 0.6 is 11.6 Å². The number of amides is 4. The van der Waals surface area contributed by atoms with E-state index in [4.69, 9.17) is 11.6 Å². The number of carbonyl (C=O) groups is 3. The van der Waals surface area contributed by atoms with Crippen LogP contribution in [0.4, 0.5) is 16.2 Å². The number of hydrogen-bond acceptors (Lipinski definition) is 5. The van der Waals surface area contributed by atoms with Crippen molar-refractivity contribution in [3.05, 3.63) is 33.3 Å². The van der Waals surface area contributed by atoms with Gasteiger partial charge in [-0.3, -0.25) is 24.6 Å². The van der Waals surface area contributed by atoms with Gasteiger partial charge in [0.15, 0.2) is 0 Å². The van der Waals surface area contributed by atoms with Crippen LogP contribution in [-0.4, -0.2) is 51.7 Å². The predicted molar refractivity (Wildman–Crippen MR) is 97.4 cm³/mol. The average molecular weight is 395 g/mol. The van der Waals surface area contributed by atoms with E-state index in [0.717, 1.165) is 30.2 Å². The highest BCUT2D eigenvalue weighted by molar-refractivity contribution is 6.32. The minimum atomic E-state index is -0.853. The zero-order valence-corrected chi connectivity index (χ0v) is 15.5. The fourth-order valence-electron chi connectivity index (χ4n) is 3.75. The minimum Gasteiger partial charge on any atom is -0.324 e. The van der Waals surface area contributed by atoms with Crippen LogP contribution in [0.25, 0.3) is 0 Å². The Hall–Kier alpha value is -2.68. The van der Waals surface area contributed by atoms with Crippen LogP contribution in [0.15, 0.2) is 18.2 Å². The molecule has 0 atom stereocenters. The van der Waals surface area contributed by atoms with Gasteiger partial charge in [-0.25, -0.2) is 4.79 Å². The number of carbonyl (C=O) groups excluding carboxylic acids is 3. The van der Waals surface area contributed by atoms with Crippen molar-refractivity contribution in [2.45, 2.75) is 37.6 Å². The van der Waals surface area contributed by atoms with Crippen LogP contribution in [0.5, 0.6) is 0 Å². The summed E-state index contributed by atoms with van der Waals surface area (Å²) in [5.74, 6) is -0.971. The maximum Gasteiger partial charge on any atom is 0.327 e. The quantitative estimate of drug-likeness (QED) is 0.479. The second kappa shape index (κ2) is 7.15. The average Bonchev–Trinajstić information content (AvgIpc) is 2.80. The fraction of sp³-hybridized carbons (Fsp3) is 0.471. The Morgan fingerprint density at radius 3 is 2.59 bits per heavy atom. The first-order chi connectivity index (χ1) is 12.8. The molecule has 0 radical (unpaired) electrons. The first-order valence-electron chi connectivity index (χ1n) is 8.60. The molecule has 1 N–H and O–H groups in total. The Bertz CT molecular complexity index is 822. The van der Waals surface area contributed by atoms with Gasteiger partial charge < -0.3 is 10.2 Å². The molecule has 1 aliphatic carbocycles. The number of urea groups is 1. The highest BCUT2D eigenvalue weighted by Crippen LogP contribution is 2.39. The summed E-state index contributed by atoms with van der Waals surface area (Å²) in [5.41, 5.74) is -1.03. The van der Waals surface area contributed by atoms with Crippen molar-refractivity contribution in [1.29, 1.82) is 0 Å². The highest BCUT2D eigenvalue weighted by atomic mass is 35.5. The number of imide groups is 1. The molecule has 2 aliphatic rings. The summed E-state index contributed by atoms with van der Waals surface area (Å²) in [5, 5.41) is 13.4. The van der Waals surface area contributed by atoms with Gasteiger partial charge in [0.1, 0.15) is 17.1 Å². The maximum atomic E-state index is 12.9. The van der Waals surface area contributed by atoms with Gasteiger partial charge in [-0.2, -0.15) is 0 Å². The number of nitro benzene ring substituents is 1. The van der Waals surface area contributed by atoms with Crippen molar-refractivity contribution >= 4 is 40.8 Å². The Morgan fingerprint density at radius 1 is 1.30 bits per heavy atom. The Balaban J connectivity index is 1.73. The highest BCUT2D eigenvalue weighted by Gasteiger charge is 2.55. The summed E-state index contributed by atoms with van der Waals surface area (Å²) in [6.45, 7) is -0.444. The third-order valence-electron chi connectivity index (χ3n) is 5.21. The zero-order chi connectivity index (χ0) is 19.8. The second-order valence-corrected chi connectivity index (χ2v) is 7.20. The number of benzene rings is 1. The molecule has 144 valence electrons. The van der Waals surface area contributed by atoms with Crippen molar-refractivity contribution < 1.29 is 19.3 Å². The van der Waals surface area contributed by atoms with Crippen LogP contribution in [0.2, 0.25) is 5.02 Å². The van der Waals surface area contributed by atoms with Crippen LogP contribution in [0, 0.1) is 10.1 Å². The van der Waals surface area contributed by atoms with E-state index in [1.165, 1.54) is 17.0 Å². The smallest absolute Gasteiger partial charge is 0.324 e. The lowest BCUT2D eigenvalue weighted by Crippen LogP contribution is -2.49. The number of nitrogens with one attached hydrogen (secondary N) is 1. The van der Waals surface area contributed by atoms with Gasteiger partial charge in [0.05, 0.1) is 4.92 Å². The summed E-state index contributed by atoms with van der Waals surface area (Å²) in [6.07, 6.45) is 3.92. The number of anilines is 1. The molecule has 2 fully saturated rings. The van der Waals surface area contributed by atoms with E-state index in [1.807, 2.05) is 0 Å². The zero-order valence-electron chi connectivity index (χ0n) is 14.7. The van der Waals surface area contributed by atoms with E-state index in [-0.39, 0.29) is 22.3 Å². The number of nitrogens with zero attached hydrogens (tertiary/aromatic N) is 3. The third-order valence-corrected chi connectivity index (χ3v) is 5.53. The van der Waals surface area contributed by atoms with Crippen molar-refractivity contribution in [2.24, 2.45) is 0 Å². The summed E-state index contributed by atoms with van der Waals surface area (Å²) in [6, 6.07) is 3.34. The van der Waals surface area contributed by atoms with E-state index in [2.05, 4.69) is 5.32 Å². The molecular formula is C17H19ClN4O5. The summed E-state index contributed by atoms with van der Waals surface area (Å²) >= 11 is 5.74. The first kappa shape index (κ1) is 19.1. The molecule has 1 heterocycles. The molecule has 9 nitrogen and oxygen atoms in total. The SMILES string of the molecule is CN1C(=O)N(CC(=O)Nc2ccc(Cl)c([N+](=O)[O-])c2)C(=O)C12CCCCC2. The topological polar surface area (TPSA) is 113 Å². The third kappa shape index (κ3) is 3.34. The lowest BCUT2D eigenvalue weighted by molar-refractivity contribution is -0.384. The van der Waals surface area contributed by atoms with Crippen molar-refractivity contribution in [3.8, 4) is 0 Å². The Kier molecular flexibility index (Phi) is 5.05. The predicted octanol–water partition coefficient (Wildman–Crippen LogP) is 2.78. The molecule has 4 amide bonds. The molecule has 10 heteroatoms. The molecule has 0 unspecified atom stereocenters. The van der Waals surface area contributed by atoms with E-state index in [1.54, 1.807) is 7.05 Å². The first-order valence-corrected chi connectivity index (χ1v) is 8.97. The number of rotatable bonds is 4. The van der Waals surface area contributed by atoms with Crippen molar-refractivity contribution in [3.63, 3.8) is 0 Å². The lowest BCUT2D eigenvalue weighted by atomic mass is 9.81. The normalized spacial score (nSPS) is 18.9. The standard InChI is InChI=1S/C17H19ClN4O5/c1-20-16(25)21(15(24)17(20)7-3-2-4-8-17)10-14(23)19-11-5-6-12(18)13(9-11)22(26)27/h5-6,9H,2-4,7-8,10H2,1H3,(H,19,23). The van der Waals surface area contributed by atoms with Crippen LogP contribution in [-0.2, 0) is 9.59 Å². The summed E-state index contributed by atoms with van der Waals surface area (Å²) < 4.78 is 0. The van der Waals surface area contributed by atoms with Crippen molar-refractivity contribution in [1.82, 2.24) is 9.80 Å². The molecular weight excluding hydrogens is 376 g/mol. The van der Waals surface area contributed by atoms with E-state index in [9.17, 15) is 24.5 Å². The monoisotopic (exact) mass is 394 g/mol. The van der Waals surface area contributed by atoms with Gasteiger partial charge in [-0.05, 0) is 25.0 Å². The molecule has 3 rings (SSSR count). The largest absolute Gasteiger partial charge is 0.327 e.